The quantitative estimate of drug-likeness (QED) is 0.328. The van der Waals surface area contributed by atoms with Gasteiger partial charge in [0.15, 0.2) is 10.6 Å². The zero-order chi connectivity index (χ0) is 23.1. The first-order chi connectivity index (χ1) is 16.0. The molecule has 0 fully saturated rings. The molecule has 0 bridgehead atoms. The lowest BCUT2D eigenvalue weighted by Gasteiger charge is -2.22. The number of aryl methyl sites for hydroxylation is 1. The van der Waals surface area contributed by atoms with Crippen molar-refractivity contribution in [2.75, 3.05) is 11.5 Å². The zero-order valence-electron chi connectivity index (χ0n) is 17.5. The number of hydrogen-bond acceptors (Lipinski definition) is 8. The maximum atomic E-state index is 13.5. The Labute approximate surface area is 191 Å². The van der Waals surface area contributed by atoms with Crippen LogP contribution < -0.4 is 10.3 Å². The van der Waals surface area contributed by atoms with Crippen LogP contribution in [0, 0.1) is 6.92 Å². The average Bonchev–Trinajstić information content (AvgIpc) is 3.35. The molecule has 1 atom stereocenters. The number of pyridine rings is 1. The second kappa shape index (κ2) is 8.10. The van der Waals surface area contributed by atoms with E-state index in [0.29, 0.717) is 22.2 Å². The van der Waals surface area contributed by atoms with Gasteiger partial charge in [0.05, 0.1) is 22.7 Å². The van der Waals surface area contributed by atoms with Crippen LogP contribution in [0.4, 0.5) is 5.13 Å². The SMILES string of the molecule is C=CCOC(=O)c1sc(N2C(=O)c3oc4ccccc4c(=O)c3[C@@H]2c2cccnc2)nc1C. The highest BCUT2D eigenvalue weighted by molar-refractivity contribution is 7.17. The normalized spacial score (nSPS) is 15.0. The first-order valence-corrected chi connectivity index (χ1v) is 10.9. The van der Waals surface area contributed by atoms with E-state index in [4.69, 9.17) is 9.15 Å². The maximum absolute atomic E-state index is 13.5. The minimum absolute atomic E-state index is 0.0452. The summed E-state index contributed by atoms with van der Waals surface area (Å²) in [4.78, 5) is 49.7. The minimum atomic E-state index is -0.801. The predicted molar refractivity (Wildman–Crippen MR) is 123 cm³/mol. The lowest BCUT2D eigenvalue weighted by Crippen LogP contribution is -2.29. The summed E-state index contributed by atoms with van der Waals surface area (Å²) in [7, 11) is 0. The van der Waals surface area contributed by atoms with E-state index in [9.17, 15) is 14.4 Å². The lowest BCUT2D eigenvalue weighted by molar-refractivity contribution is 0.0554. The van der Waals surface area contributed by atoms with Crippen molar-refractivity contribution in [1.82, 2.24) is 9.97 Å². The number of amides is 1. The molecule has 8 nitrogen and oxygen atoms in total. The molecule has 1 amide bonds. The summed E-state index contributed by atoms with van der Waals surface area (Å²) in [6.45, 7) is 5.26. The molecule has 4 aromatic rings. The van der Waals surface area contributed by atoms with E-state index in [-0.39, 0.29) is 33.4 Å². The standard InChI is InChI=1S/C24H17N3O5S/c1-3-11-31-23(30)21-13(2)26-24(33-21)27-18(14-7-6-10-25-12-14)17-19(28)15-8-4-5-9-16(15)32-20(17)22(27)29/h3-10,12,18H,1,11H2,2H3/t18-/m0/s1. The molecule has 164 valence electrons. The molecule has 0 radical (unpaired) electrons. The third kappa shape index (κ3) is 3.33. The van der Waals surface area contributed by atoms with Crippen LogP contribution in [-0.4, -0.2) is 28.5 Å². The second-order valence-corrected chi connectivity index (χ2v) is 8.31. The summed E-state index contributed by atoms with van der Waals surface area (Å²) in [5.41, 5.74) is 1.29. The summed E-state index contributed by atoms with van der Waals surface area (Å²) < 4.78 is 11.0. The number of ether oxygens (including phenoxy) is 1. The number of carbonyl (C=O) groups is 2. The van der Waals surface area contributed by atoms with Gasteiger partial charge in [-0.25, -0.2) is 9.78 Å². The van der Waals surface area contributed by atoms with Gasteiger partial charge in [-0.1, -0.05) is 42.2 Å². The van der Waals surface area contributed by atoms with E-state index in [1.54, 1.807) is 55.7 Å². The number of fused-ring (bicyclic) bond motifs is 2. The number of thiazole rings is 1. The average molecular weight is 459 g/mol. The molecular weight excluding hydrogens is 442 g/mol. The monoisotopic (exact) mass is 459 g/mol. The molecule has 0 spiro atoms. The van der Waals surface area contributed by atoms with Gasteiger partial charge in [-0.3, -0.25) is 19.5 Å². The van der Waals surface area contributed by atoms with Gasteiger partial charge >= 0.3 is 5.97 Å². The van der Waals surface area contributed by atoms with Gasteiger partial charge in [0.1, 0.15) is 17.1 Å². The number of rotatable bonds is 5. The third-order valence-corrected chi connectivity index (χ3v) is 6.42. The van der Waals surface area contributed by atoms with E-state index < -0.39 is 17.9 Å². The van der Waals surface area contributed by atoms with Gasteiger partial charge < -0.3 is 9.15 Å². The van der Waals surface area contributed by atoms with Crippen LogP contribution in [0.2, 0.25) is 0 Å². The van der Waals surface area contributed by atoms with E-state index in [0.717, 1.165) is 11.3 Å². The molecule has 4 heterocycles. The van der Waals surface area contributed by atoms with Crippen LogP contribution in [0.1, 0.15) is 43.1 Å². The number of carbonyl (C=O) groups excluding carboxylic acids is 2. The second-order valence-electron chi connectivity index (χ2n) is 7.33. The number of para-hydroxylation sites is 1. The maximum Gasteiger partial charge on any atom is 0.350 e. The number of nitrogens with zero attached hydrogens (tertiary/aromatic N) is 3. The molecule has 5 rings (SSSR count). The van der Waals surface area contributed by atoms with E-state index >= 15 is 0 Å². The fourth-order valence-corrected chi connectivity index (χ4v) is 4.83. The van der Waals surface area contributed by atoms with Gasteiger partial charge in [0.2, 0.25) is 5.76 Å². The Morgan fingerprint density at radius 2 is 2.09 bits per heavy atom. The number of esters is 1. The Morgan fingerprint density at radius 1 is 1.27 bits per heavy atom. The van der Waals surface area contributed by atoms with Crippen LogP contribution >= 0.6 is 11.3 Å². The number of benzene rings is 1. The summed E-state index contributed by atoms with van der Waals surface area (Å²) in [6.07, 6.45) is 4.67. The molecule has 0 saturated carbocycles. The molecule has 0 N–H and O–H groups in total. The van der Waals surface area contributed by atoms with Crippen LogP contribution in [0.5, 0.6) is 0 Å². The fourth-order valence-electron chi connectivity index (χ4n) is 3.84. The Morgan fingerprint density at radius 3 is 2.85 bits per heavy atom. The van der Waals surface area contributed by atoms with Crippen LogP contribution in [0.3, 0.4) is 0 Å². The van der Waals surface area contributed by atoms with Crippen molar-refractivity contribution in [3.8, 4) is 0 Å². The van der Waals surface area contributed by atoms with E-state index in [2.05, 4.69) is 16.5 Å². The molecule has 0 unspecified atom stereocenters. The topological polar surface area (TPSA) is 103 Å². The summed E-state index contributed by atoms with van der Waals surface area (Å²) in [5.74, 6) is -1.11. The van der Waals surface area contributed by atoms with Crippen molar-refractivity contribution in [2.45, 2.75) is 13.0 Å². The van der Waals surface area contributed by atoms with E-state index in [1.807, 2.05) is 0 Å². The smallest absolute Gasteiger partial charge is 0.350 e. The molecular formula is C24H17N3O5S. The number of aromatic nitrogens is 2. The minimum Gasteiger partial charge on any atom is -0.457 e. The molecule has 33 heavy (non-hydrogen) atoms. The Bertz CT molecular complexity index is 1470. The van der Waals surface area contributed by atoms with Crippen molar-refractivity contribution in [3.05, 3.63) is 99.1 Å². The van der Waals surface area contributed by atoms with Gasteiger partial charge in [-0.05, 0) is 30.7 Å². The van der Waals surface area contributed by atoms with Gasteiger partial charge in [0.25, 0.3) is 5.91 Å². The molecule has 3 aromatic heterocycles. The molecule has 9 heteroatoms. The highest BCUT2D eigenvalue weighted by Crippen LogP contribution is 2.42. The third-order valence-electron chi connectivity index (χ3n) is 5.29. The number of hydrogen-bond donors (Lipinski definition) is 0. The van der Waals surface area contributed by atoms with Crippen LogP contribution in [-0.2, 0) is 4.74 Å². The molecule has 1 aliphatic heterocycles. The number of anilines is 1. The Balaban J connectivity index is 1.70. The van der Waals surface area contributed by atoms with Crippen LogP contribution in [0.25, 0.3) is 11.0 Å². The zero-order valence-corrected chi connectivity index (χ0v) is 18.3. The highest BCUT2D eigenvalue weighted by Gasteiger charge is 2.45. The van der Waals surface area contributed by atoms with Crippen molar-refractivity contribution in [3.63, 3.8) is 0 Å². The van der Waals surface area contributed by atoms with Crippen molar-refractivity contribution in [2.24, 2.45) is 0 Å². The van der Waals surface area contributed by atoms with Gasteiger partial charge in [-0.2, -0.15) is 0 Å². The van der Waals surface area contributed by atoms with Crippen LogP contribution in [0.15, 0.2) is 70.7 Å². The van der Waals surface area contributed by atoms with Gasteiger partial charge in [0, 0.05) is 12.4 Å². The Kier molecular flexibility index (Phi) is 5.10. The molecule has 1 aromatic carbocycles. The highest BCUT2D eigenvalue weighted by atomic mass is 32.1. The largest absolute Gasteiger partial charge is 0.457 e. The Hall–Kier alpha value is -4.11. The predicted octanol–water partition coefficient (Wildman–Crippen LogP) is 4.05. The van der Waals surface area contributed by atoms with E-state index in [1.165, 1.54) is 11.0 Å². The molecule has 0 aliphatic carbocycles. The first-order valence-electron chi connectivity index (χ1n) is 10.1. The summed E-state index contributed by atoms with van der Waals surface area (Å²) in [6, 6.07) is 9.49. The van der Waals surface area contributed by atoms with Crippen molar-refractivity contribution < 1.29 is 18.7 Å². The summed E-state index contributed by atoms with van der Waals surface area (Å²) in [5, 5.41) is 0.635. The van der Waals surface area contributed by atoms with Gasteiger partial charge in [-0.15, -0.1) is 0 Å². The fraction of sp³-hybridized carbons (Fsp3) is 0.125. The van der Waals surface area contributed by atoms with Crippen molar-refractivity contribution >= 4 is 39.3 Å². The van der Waals surface area contributed by atoms with Crippen molar-refractivity contribution in [1.29, 1.82) is 0 Å². The lowest BCUT2D eigenvalue weighted by atomic mass is 10.0. The molecule has 0 saturated heterocycles. The first kappa shape index (κ1) is 20.8. The summed E-state index contributed by atoms with van der Waals surface area (Å²) >= 11 is 1.02. The molecule has 1 aliphatic rings.